The Kier molecular flexibility index (Phi) is 6.36. The smallest absolute Gasteiger partial charge is 0.359 e. The third-order valence-electron chi connectivity index (χ3n) is 2.31. The molecule has 110 valence electrons. The minimum absolute atomic E-state index is 0.153. The highest BCUT2D eigenvalue weighted by atomic mass is 16.6. The van der Waals surface area contributed by atoms with Crippen molar-refractivity contribution in [2.45, 2.75) is 20.0 Å². The summed E-state index contributed by atoms with van der Waals surface area (Å²) < 4.78 is 19.9. The van der Waals surface area contributed by atoms with Gasteiger partial charge in [0.15, 0.2) is 0 Å². The zero-order valence-corrected chi connectivity index (χ0v) is 11.8. The summed E-state index contributed by atoms with van der Waals surface area (Å²) in [6.07, 6.45) is -1.43. The Labute approximate surface area is 117 Å². The molecule has 0 fully saturated rings. The molecule has 0 spiro atoms. The van der Waals surface area contributed by atoms with Crippen LogP contribution in [-0.2, 0) is 19.1 Å². The number of esters is 2. The first-order chi connectivity index (χ1) is 9.62. The molecular weight excluding hydrogens is 264 g/mol. The van der Waals surface area contributed by atoms with Crippen molar-refractivity contribution in [1.82, 2.24) is 0 Å². The van der Waals surface area contributed by atoms with E-state index in [-0.39, 0.29) is 13.2 Å². The number of hydrogen-bond donors (Lipinski definition) is 0. The van der Waals surface area contributed by atoms with E-state index in [1.165, 1.54) is 7.11 Å². The third kappa shape index (κ3) is 4.46. The minimum atomic E-state index is -1.43. The van der Waals surface area contributed by atoms with Crippen molar-refractivity contribution in [2.24, 2.45) is 0 Å². The molecule has 0 heterocycles. The molecule has 6 heteroatoms. The molecule has 0 aliphatic carbocycles. The van der Waals surface area contributed by atoms with Gasteiger partial charge in [0.2, 0.25) is 0 Å². The summed E-state index contributed by atoms with van der Waals surface area (Å²) in [7, 11) is 1.54. The molecule has 0 amide bonds. The number of carbonyl (C=O) groups is 2. The molecule has 0 N–H and O–H groups in total. The summed E-state index contributed by atoms with van der Waals surface area (Å²) in [4.78, 5) is 23.4. The van der Waals surface area contributed by atoms with E-state index >= 15 is 0 Å². The van der Waals surface area contributed by atoms with Gasteiger partial charge >= 0.3 is 11.9 Å². The van der Waals surface area contributed by atoms with Crippen LogP contribution < -0.4 is 9.47 Å². The highest BCUT2D eigenvalue weighted by molar-refractivity contribution is 5.98. The van der Waals surface area contributed by atoms with Crippen LogP contribution in [0.4, 0.5) is 0 Å². The van der Waals surface area contributed by atoms with Crippen LogP contribution in [0.15, 0.2) is 24.3 Å². The van der Waals surface area contributed by atoms with Gasteiger partial charge in [-0.1, -0.05) is 0 Å². The summed E-state index contributed by atoms with van der Waals surface area (Å²) in [6, 6.07) is 6.49. The molecular formula is C14H18O6. The Morgan fingerprint density at radius 2 is 1.40 bits per heavy atom. The van der Waals surface area contributed by atoms with Crippen LogP contribution in [0.3, 0.4) is 0 Å². The van der Waals surface area contributed by atoms with E-state index < -0.39 is 18.0 Å². The second kappa shape index (κ2) is 8.04. The molecule has 1 aromatic rings. The fourth-order valence-corrected chi connectivity index (χ4v) is 1.42. The molecule has 20 heavy (non-hydrogen) atoms. The van der Waals surface area contributed by atoms with Gasteiger partial charge in [-0.2, -0.15) is 0 Å². The Bertz CT molecular complexity index is 421. The third-order valence-corrected chi connectivity index (χ3v) is 2.31. The molecule has 0 radical (unpaired) electrons. The first-order valence-corrected chi connectivity index (χ1v) is 6.26. The van der Waals surface area contributed by atoms with E-state index in [4.69, 9.17) is 18.9 Å². The van der Waals surface area contributed by atoms with Crippen molar-refractivity contribution in [3.05, 3.63) is 24.3 Å². The molecule has 0 saturated carbocycles. The van der Waals surface area contributed by atoms with E-state index in [0.29, 0.717) is 11.5 Å². The zero-order valence-electron chi connectivity index (χ0n) is 11.8. The molecule has 0 unspecified atom stereocenters. The Hall–Kier alpha value is -2.24. The van der Waals surface area contributed by atoms with Crippen molar-refractivity contribution in [1.29, 1.82) is 0 Å². The van der Waals surface area contributed by atoms with Gasteiger partial charge in [-0.15, -0.1) is 0 Å². The summed E-state index contributed by atoms with van der Waals surface area (Å²) in [5.74, 6) is -0.568. The standard InChI is InChI=1S/C14H18O6/c1-4-18-13(15)12(14(16)19-5-2)20-11-8-6-10(17-3)7-9-11/h6-9,12H,4-5H2,1-3H3. The van der Waals surface area contributed by atoms with Gasteiger partial charge in [0.1, 0.15) is 11.5 Å². The molecule has 0 aromatic heterocycles. The lowest BCUT2D eigenvalue weighted by molar-refractivity contribution is -0.166. The van der Waals surface area contributed by atoms with Gasteiger partial charge in [-0.3, -0.25) is 0 Å². The molecule has 1 rings (SSSR count). The number of rotatable bonds is 7. The number of carbonyl (C=O) groups excluding carboxylic acids is 2. The molecule has 0 aliphatic heterocycles. The molecule has 1 aromatic carbocycles. The van der Waals surface area contributed by atoms with E-state index in [9.17, 15) is 9.59 Å². The lowest BCUT2D eigenvalue weighted by atomic mass is 10.3. The molecule has 6 nitrogen and oxygen atoms in total. The van der Waals surface area contributed by atoms with E-state index in [1.54, 1.807) is 38.1 Å². The maximum Gasteiger partial charge on any atom is 0.359 e. The van der Waals surface area contributed by atoms with Gasteiger partial charge in [0.25, 0.3) is 6.10 Å². The molecule has 0 aliphatic rings. The largest absolute Gasteiger partial charge is 0.497 e. The van der Waals surface area contributed by atoms with Crippen LogP contribution in [0.5, 0.6) is 11.5 Å². The van der Waals surface area contributed by atoms with E-state index in [2.05, 4.69) is 0 Å². The zero-order chi connectivity index (χ0) is 15.0. The second-order valence-electron chi connectivity index (χ2n) is 3.68. The maximum absolute atomic E-state index is 11.7. The SMILES string of the molecule is CCOC(=O)C(Oc1ccc(OC)cc1)C(=O)OCC. The van der Waals surface area contributed by atoms with Gasteiger partial charge in [0.05, 0.1) is 20.3 Å². The first-order valence-electron chi connectivity index (χ1n) is 6.26. The normalized spacial score (nSPS) is 10.0. The Balaban J connectivity index is 2.81. The number of hydrogen-bond acceptors (Lipinski definition) is 6. The van der Waals surface area contributed by atoms with Crippen LogP contribution in [0.2, 0.25) is 0 Å². The van der Waals surface area contributed by atoms with Gasteiger partial charge in [-0.05, 0) is 38.1 Å². The van der Waals surface area contributed by atoms with Crippen LogP contribution >= 0.6 is 0 Å². The van der Waals surface area contributed by atoms with E-state index in [0.717, 1.165) is 0 Å². The van der Waals surface area contributed by atoms with Crippen LogP contribution in [-0.4, -0.2) is 38.4 Å². The van der Waals surface area contributed by atoms with Crippen molar-refractivity contribution < 1.29 is 28.5 Å². The monoisotopic (exact) mass is 282 g/mol. The molecule has 0 bridgehead atoms. The summed E-state index contributed by atoms with van der Waals surface area (Å²) in [5, 5.41) is 0. The fraction of sp³-hybridized carbons (Fsp3) is 0.429. The predicted octanol–water partition coefficient (Wildman–Crippen LogP) is 1.57. The van der Waals surface area contributed by atoms with Crippen molar-refractivity contribution in [3.8, 4) is 11.5 Å². The highest BCUT2D eigenvalue weighted by Crippen LogP contribution is 2.19. The summed E-state index contributed by atoms with van der Waals surface area (Å²) in [5.41, 5.74) is 0. The van der Waals surface area contributed by atoms with Gasteiger partial charge < -0.3 is 18.9 Å². The first kappa shape index (κ1) is 15.8. The lowest BCUT2D eigenvalue weighted by Crippen LogP contribution is -2.38. The Morgan fingerprint density at radius 3 is 1.80 bits per heavy atom. The number of methoxy groups -OCH3 is 1. The van der Waals surface area contributed by atoms with Gasteiger partial charge in [-0.25, -0.2) is 9.59 Å². The lowest BCUT2D eigenvalue weighted by Gasteiger charge is -2.16. The van der Waals surface area contributed by atoms with Crippen LogP contribution in [0, 0.1) is 0 Å². The maximum atomic E-state index is 11.7. The summed E-state index contributed by atoms with van der Waals surface area (Å²) >= 11 is 0. The van der Waals surface area contributed by atoms with Crippen molar-refractivity contribution >= 4 is 11.9 Å². The highest BCUT2D eigenvalue weighted by Gasteiger charge is 2.31. The van der Waals surface area contributed by atoms with E-state index in [1.807, 2.05) is 0 Å². The topological polar surface area (TPSA) is 71.1 Å². The van der Waals surface area contributed by atoms with Crippen LogP contribution in [0.25, 0.3) is 0 Å². The quantitative estimate of drug-likeness (QED) is 0.558. The molecule has 0 atom stereocenters. The predicted molar refractivity (Wildman–Crippen MR) is 70.7 cm³/mol. The second-order valence-corrected chi connectivity index (χ2v) is 3.68. The van der Waals surface area contributed by atoms with Crippen molar-refractivity contribution in [2.75, 3.05) is 20.3 Å². The number of benzene rings is 1. The molecule has 0 saturated heterocycles. The van der Waals surface area contributed by atoms with Crippen LogP contribution in [0.1, 0.15) is 13.8 Å². The summed E-state index contributed by atoms with van der Waals surface area (Å²) in [6.45, 7) is 3.60. The van der Waals surface area contributed by atoms with Gasteiger partial charge in [0, 0.05) is 0 Å². The Morgan fingerprint density at radius 1 is 0.950 bits per heavy atom. The minimum Gasteiger partial charge on any atom is -0.497 e. The fourth-order valence-electron chi connectivity index (χ4n) is 1.42. The van der Waals surface area contributed by atoms with Crippen molar-refractivity contribution in [3.63, 3.8) is 0 Å². The average molecular weight is 282 g/mol. The average Bonchev–Trinajstić information content (AvgIpc) is 2.45. The number of ether oxygens (including phenoxy) is 4.